The minimum atomic E-state index is -4.47. The van der Waals surface area contributed by atoms with E-state index in [2.05, 4.69) is 5.32 Å². The van der Waals surface area contributed by atoms with Crippen LogP contribution in [0.3, 0.4) is 0 Å². The molecule has 0 heterocycles. The second kappa shape index (κ2) is 5.48. The number of hydrogen-bond donors (Lipinski definition) is 1. The lowest BCUT2D eigenvalue weighted by molar-refractivity contribution is -0.137. The summed E-state index contributed by atoms with van der Waals surface area (Å²) in [6.45, 7) is 3.29. The molecule has 0 spiro atoms. The third-order valence-electron chi connectivity index (χ3n) is 1.88. The van der Waals surface area contributed by atoms with Gasteiger partial charge in [-0.25, -0.2) is 4.79 Å². The van der Waals surface area contributed by atoms with Gasteiger partial charge in [0.1, 0.15) is 0 Å². The van der Waals surface area contributed by atoms with E-state index in [9.17, 15) is 18.0 Å². The van der Waals surface area contributed by atoms with E-state index in [1.807, 2.05) is 0 Å². The molecule has 0 aliphatic heterocycles. The molecule has 1 N–H and O–H groups in total. The van der Waals surface area contributed by atoms with Gasteiger partial charge in [-0.1, -0.05) is 11.6 Å². The molecule has 0 unspecified atom stereocenters. The maximum absolute atomic E-state index is 12.4. The van der Waals surface area contributed by atoms with Crippen LogP contribution in [0.1, 0.15) is 19.4 Å². The van der Waals surface area contributed by atoms with Gasteiger partial charge in [0.05, 0.1) is 22.4 Å². The maximum Gasteiger partial charge on any atom is 0.416 e. The Morgan fingerprint density at radius 3 is 2.44 bits per heavy atom. The molecule has 0 aromatic heterocycles. The summed E-state index contributed by atoms with van der Waals surface area (Å²) in [5.41, 5.74) is -0.814. The first-order chi connectivity index (χ1) is 8.20. The van der Waals surface area contributed by atoms with Crippen molar-refractivity contribution >= 4 is 23.4 Å². The van der Waals surface area contributed by atoms with Gasteiger partial charge in [0.15, 0.2) is 0 Å². The standard InChI is InChI=1S/C11H11ClF3NO2/c1-6(2)18-10(17)16-9-4-3-7(5-8(9)12)11(13,14)15/h3-6H,1-2H3,(H,16,17). The van der Waals surface area contributed by atoms with Crippen LogP contribution in [0.4, 0.5) is 23.7 Å². The molecule has 0 bridgehead atoms. The first-order valence-corrected chi connectivity index (χ1v) is 5.42. The number of amides is 1. The average Bonchev–Trinajstić information content (AvgIpc) is 2.18. The fraction of sp³-hybridized carbons (Fsp3) is 0.364. The smallest absolute Gasteiger partial charge is 0.416 e. The molecule has 0 aliphatic carbocycles. The van der Waals surface area contributed by atoms with Gasteiger partial charge in [-0.2, -0.15) is 13.2 Å². The molecule has 3 nitrogen and oxygen atoms in total. The lowest BCUT2D eigenvalue weighted by Crippen LogP contribution is -2.18. The van der Waals surface area contributed by atoms with E-state index in [1.54, 1.807) is 13.8 Å². The van der Waals surface area contributed by atoms with E-state index < -0.39 is 17.8 Å². The normalized spacial score (nSPS) is 11.5. The predicted octanol–water partition coefficient (Wildman–Crippen LogP) is 4.32. The van der Waals surface area contributed by atoms with Crippen molar-refractivity contribution in [3.63, 3.8) is 0 Å². The van der Waals surface area contributed by atoms with E-state index in [1.165, 1.54) is 0 Å². The molecule has 100 valence electrons. The minimum absolute atomic E-state index is 0.0651. The Morgan fingerprint density at radius 2 is 2.00 bits per heavy atom. The summed E-state index contributed by atoms with van der Waals surface area (Å²) in [6, 6.07) is 2.65. The summed E-state index contributed by atoms with van der Waals surface area (Å²) < 4.78 is 41.9. The fourth-order valence-electron chi connectivity index (χ4n) is 1.15. The fourth-order valence-corrected chi connectivity index (χ4v) is 1.37. The SMILES string of the molecule is CC(C)OC(=O)Nc1ccc(C(F)(F)F)cc1Cl. The monoisotopic (exact) mass is 281 g/mol. The summed E-state index contributed by atoms with van der Waals surface area (Å²) >= 11 is 5.65. The van der Waals surface area contributed by atoms with Crippen LogP contribution < -0.4 is 5.32 Å². The molecule has 0 saturated heterocycles. The number of nitrogens with one attached hydrogen (secondary N) is 1. The van der Waals surface area contributed by atoms with Gasteiger partial charge in [-0.15, -0.1) is 0 Å². The summed E-state index contributed by atoms with van der Waals surface area (Å²) in [6.07, 6.45) is -5.58. The second-order valence-corrected chi connectivity index (χ2v) is 4.18. The molecule has 1 aromatic rings. The Kier molecular flexibility index (Phi) is 4.45. The van der Waals surface area contributed by atoms with Gasteiger partial charge >= 0.3 is 12.3 Å². The first-order valence-electron chi connectivity index (χ1n) is 5.04. The van der Waals surface area contributed by atoms with Crippen molar-refractivity contribution in [2.24, 2.45) is 0 Å². The predicted molar refractivity (Wildman–Crippen MR) is 61.7 cm³/mol. The summed E-state index contributed by atoms with van der Waals surface area (Å²) in [5, 5.41) is 2.06. The van der Waals surface area contributed by atoms with Crippen LogP contribution in [0, 0.1) is 0 Å². The van der Waals surface area contributed by atoms with Crippen molar-refractivity contribution in [2.75, 3.05) is 5.32 Å². The quantitative estimate of drug-likeness (QED) is 0.877. The highest BCUT2D eigenvalue weighted by molar-refractivity contribution is 6.33. The zero-order chi connectivity index (χ0) is 13.9. The molecule has 0 radical (unpaired) electrons. The zero-order valence-electron chi connectivity index (χ0n) is 9.64. The summed E-state index contributed by atoms with van der Waals surface area (Å²) in [4.78, 5) is 11.2. The molecular weight excluding hydrogens is 271 g/mol. The number of ether oxygens (including phenoxy) is 1. The van der Waals surface area contributed by atoms with Crippen LogP contribution in [-0.2, 0) is 10.9 Å². The number of halogens is 4. The average molecular weight is 282 g/mol. The molecule has 1 aromatic carbocycles. The van der Waals surface area contributed by atoms with Gasteiger partial charge in [0.25, 0.3) is 0 Å². The highest BCUT2D eigenvalue weighted by Gasteiger charge is 2.31. The lowest BCUT2D eigenvalue weighted by Gasteiger charge is -2.12. The number of carbonyl (C=O) groups is 1. The highest BCUT2D eigenvalue weighted by atomic mass is 35.5. The zero-order valence-corrected chi connectivity index (χ0v) is 10.4. The minimum Gasteiger partial charge on any atom is -0.447 e. The van der Waals surface area contributed by atoms with Gasteiger partial charge in [-0.05, 0) is 32.0 Å². The molecule has 18 heavy (non-hydrogen) atoms. The van der Waals surface area contributed by atoms with Gasteiger partial charge in [-0.3, -0.25) is 5.32 Å². The van der Waals surface area contributed by atoms with E-state index in [-0.39, 0.29) is 16.8 Å². The van der Waals surface area contributed by atoms with Gasteiger partial charge < -0.3 is 4.74 Å². The van der Waals surface area contributed by atoms with Crippen LogP contribution in [0.15, 0.2) is 18.2 Å². The van der Waals surface area contributed by atoms with E-state index in [0.717, 1.165) is 18.2 Å². The summed E-state index contributed by atoms with van der Waals surface area (Å²) in [7, 11) is 0. The van der Waals surface area contributed by atoms with Crippen LogP contribution in [0.5, 0.6) is 0 Å². The van der Waals surface area contributed by atoms with E-state index >= 15 is 0 Å². The molecule has 0 aliphatic rings. The number of rotatable bonds is 2. The van der Waals surface area contributed by atoms with Crippen LogP contribution in [0.25, 0.3) is 0 Å². The number of carbonyl (C=O) groups excluding carboxylic acids is 1. The largest absolute Gasteiger partial charge is 0.447 e. The van der Waals surface area contributed by atoms with Gasteiger partial charge in [0.2, 0.25) is 0 Å². The number of hydrogen-bond acceptors (Lipinski definition) is 2. The number of anilines is 1. The maximum atomic E-state index is 12.4. The Balaban J connectivity index is 2.84. The molecule has 0 atom stereocenters. The summed E-state index contributed by atoms with van der Waals surface area (Å²) in [5.74, 6) is 0. The van der Waals surface area contributed by atoms with E-state index in [0.29, 0.717) is 0 Å². The van der Waals surface area contributed by atoms with Crippen molar-refractivity contribution in [2.45, 2.75) is 26.1 Å². The van der Waals surface area contributed by atoms with Crippen LogP contribution in [0.2, 0.25) is 5.02 Å². The Hall–Kier alpha value is -1.43. The van der Waals surface area contributed by atoms with Gasteiger partial charge in [0, 0.05) is 0 Å². The topological polar surface area (TPSA) is 38.3 Å². The van der Waals surface area contributed by atoms with Crippen LogP contribution in [-0.4, -0.2) is 12.2 Å². The number of benzene rings is 1. The van der Waals surface area contributed by atoms with E-state index in [4.69, 9.17) is 16.3 Å². The molecule has 0 saturated carbocycles. The molecule has 0 fully saturated rings. The highest BCUT2D eigenvalue weighted by Crippen LogP contribution is 2.33. The van der Waals surface area contributed by atoms with Crippen molar-refractivity contribution < 1.29 is 22.7 Å². The van der Waals surface area contributed by atoms with Crippen molar-refractivity contribution in [3.8, 4) is 0 Å². The van der Waals surface area contributed by atoms with Crippen LogP contribution >= 0.6 is 11.6 Å². The molecule has 1 rings (SSSR count). The Bertz CT molecular complexity index is 446. The lowest BCUT2D eigenvalue weighted by atomic mass is 10.2. The van der Waals surface area contributed by atoms with Crippen molar-refractivity contribution in [1.29, 1.82) is 0 Å². The number of alkyl halides is 3. The third-order valence-corrected chi connectivity index (χ3v) is 2.19. The first kappa shape index (κ1) is 14.6. The molecule has 7 heteroatoms. The van der Waals surface area contributed by atoms with Crippen molar-refractivity contribution in [3.05, 3.63) is 28.8 Å². The van der Waals surface area contributed by atoms with Crippen molar-refractivity contribution in [1.82, 2.24) is 0 Å². The third kappa shape index (κ3) is 4.10. The Morgan fingerprint density at radius 1 is 1.39 bits per heavy atom. The molecular formula is C11H11ClF3NO2. The Labute approximate surface area is 107 Å². The molecule has 1 amide bonds. The second-order valence-electron chi connectivity index (χ2n) is 3.77.